The Morgan fingerprint density at radius 3 is 2.75 bits per heavy atom. The van der Waals surface area contributed by atoms with Crippen LogP contribution in [-0.4, -0.2) is 21.9 Å². The van der Waals surface area contributed by atoms with Gasteiger partial charge in [-0.25, -0.2) is 9.97 Å². The van der Waals surface area contributed by atoms with E-state index in [4.69, 9.17) is 0 Å². The van der Waals surface area contributed by atoms with E-state index in [2.05, 4.69) is 20.6 Å². The van der Waals surface area contributed by atoms with Gasteiger partial charge in [0, 0.05) is 17.9 Å². The fourth-order valence-corrected chi connectivity index (χ4v) is 1.81. The highest BCUT2D eigenvalue weighted by Gasteiger charge is 2.11. The van der Waals surface area contributed by atoms with E-state index in [0.29, 0.717) is 12.1 Å². The number of amides is 1. The van der Waals surface area contributed by atoms with Gasteiger partial charge in [0.15, 0.2) is 0 Å². The first-order chi connectivity index (χ1) is 9.66. The number of anilines is 1. The zero-order valence-electron chi connectivity index (χ0n) is 11.6. The van der Waals surface area contributed by atoms with Gasteiger partial charge in [-0.3, -0.25) is 4.79 Å². The van der Waals surface area contributed by atoms with Crippen molar-refractivity contribution in [2.45, 2.75) is 26.4 Å². The highest BCUT2D eigenvalue weighted by Crippen LogP contribution is 2.16. The molecule has 1 aromatic heterocycles. The summed E-state index contributed by atoms with van der Waals surface area (Å²) in [5.74, 6) is -0.118. The van der Waals surface area contributed by atoms with Crippen molar-refractivity contribution in [1.29, 1.82) is 0 Å². The lowest BCUT2D eigenvalue weighted by Gasteiger charge is -2.14. The summed E-state index contributed by atoms with van der Waals surface area (Å²) in [7, 11) is 0. The quantitative estimate of drug-likeness (QED) is 0.874. The van der Waals surface area contributed by atoms with Gasteiger partial charge in [-0.15, -0.1) is 0 Å². The average molecular weight is 270 g/mol. The lowest BCUT2D eigenvalue weighted by molar-refractivity contribution is 0.0951. The molecule has 1 amide bonds. The second kappa shape index (κ2) is 6.65. The maximum atomic E-state index is 12.2. The Hall–Kier alpha value is -2.43. The van der Waals surface area contributed by atoms with Crippen LogP contribution in [0.5, 0.6) is 0 Å². The molecule has 0 spiro atoms. The highest BCUT2D eigenvalue weighted by atomic mass is 16.1. The summed E-state index contributed by atoms with van der Waals surface area (Å²) in [6, 6.07) is 9.51. The minimum absolute atomic E-state index is 0.118. The molecule has 104 valence electrons. The summed E-state index contributed by atoms with van der Waals surface area (Å²) in [6.45, 7) is 4.46. The molecule has 2 rings (SSSR count). The summed E-state index contributed by atoms with van der Waals surface area (Å²) in [5, 5.41) is 6.13. The highest BCUT2D eigenvalue weighted by molar-refractivity contribution is 5.99. The SMILES string of the molecule is CC(C)Nc1ccccc1C(=O)NCc1ccncn1. The van der Waals surface area contributed by atoms with Crippen LogP contribution in [0.15, 0.2) is 42.9 Å². The molecule has 0 fully saturated rings. The first-order valence-corrected chi connectivity index (χ1v) is 6.55. The lowest BCUT2D eigenvalue weighted by atomic mass is 10.1. The normalized spacial score (nSPS) is 10.3. The minimum Gasteiger partial charge on any atom is -0.382 e. The third-order valence-electron chi connectivity index (χ3n) is 2.69. The van der Waals surface area contributed by atoms with Gasteiger partial charge in [-0.2, -0.15) is 0 Å². The number of para-hydroxylation sites is 1. The first kappa shape index (κ1) is 14.0. The van der Waals surface area contributed by atoms with E-state index >= 15 is 0 Å². The molecule has 0 saturated carbocycles. The van der Waals surface area contributed by atoms with E-state index in [1.807, 2.05) is 32.0 Å². The van der Waals surface area contributed by atoms with Crippen molar-refractivity contribution in [3.8, 4) is 0 Å². The van der Waals surface area contributed by atoms with E-state index < -0.39 is 0 Å². The monoisotopic (exact) mass is 270 g/mol. The Bertz CT molecular complexity index is 569. The predicted molar refractivity (Wildman–Crippen MR) is 78.4 cm³/mol. The van der Waals surface area contributed by atoms with E-state index in [1.165, 1.54) is 6.33 Å². The van der Waals surface area contributed by atoms with Crippen LogP contribution in [-0.2, 0) is 6.54 Å². The predicted octanol–water partition coefficient (Wildman–Crippen LogP) is 2.23. The smallest absolute Gasteiger partial charge is 0.253 e. The van der Waals surface area contributed by atoms with Crippen LogP contribution in [0.4, 0.5) is 5.69 Å². The fraction of sp³-hybridized carbons (Fsp3) is 0.267. The molecule has 1 heterocycles. The zero-order valence-corrected chi connectivity index (χ0v) is 11.6. The molecule has 0 saturated heterocycles. The summed E-state index contributed by atoms with van der Waals surface area (Å²) < 4.78 is 0. The Balaban J connectivity index is 2.05. The molecule has 0 unspecified atom stereocenters. The second-order valence-electron chi connectivity index (χ2n) is 4.73. The van der Waals surface area contributed by atoms with Gasteiger partial charge >= 0.3 is 0 Å². The van der Waals surface area contributed by atoms with Crippen molar-refractivity contribution >= 4 is 11.6 Å². The molecule has 0 aliphatic rings. The van der Waals surface area contributed by atoms with Crippen LogP contribution in [0.3, 0.4) is 0 Å². The minimum atomic E-state index is -0.118. The second-order valence-corrected chi connectivity index (χ2v) is 4.73. The number of rotatable bonds is 5. The number of hydrogen-bond acceptors (Lipinski definition) is 4. The number of nitrogens with zero attached hydrogens (tertiary/aromatic N) is 2. The number of carbonyl (C=O) groups is 1. The molecule has 0 aliphatic carbocycles. The number of carbonyl (C=O) groups excluding carboxylic acids is 1. The molecule has 0 radical (unpaired) electrons. The molecule has 2 N–H and O–H groups in total. The Kier molecular flexibility index (Phi) is 4.65. The van der Waals surface area contributed by atoms with Crippen molar-refractivity contribution < 1.29 is 4.79 Å². The molecule has 2 aromatic rings. The van der Waals surface area contributed by atoms with Crippen LogP contribution in [0.1, 0.15) is 29.9 Å². The lowest BCUT2D eigenvalue weighted by Crippen LogP contribution is -2.25. The van der Waals surface area contributed by atoms with Crippen LogP contribution >= 0.6 is 0 Å². The Labute approximate surface area is 118 Å². The zero-order chi connectivity index (χ0) is 14.4. The molecule has 5 nitrogen and oxygen atoms in total. The third-order valence-corrected chi connectivity index (χ3v) is 2.69. The van der Waals surface area contributed by atoms with Crippen LogP contribution in [0.2, 0.25) is 0 Å². The Morgan fingerprint density at radius 2 is 2.05 bits per heavy atom. The molecule has 0 bridgehead atoms. The van der Waals surface area contributed by atoms with Crippen LogP contribution in [0.25, 0.3) is 0 Å². The molecule has 0 aliphatic heterocycles. The third kappa shape index (κ3) is 3.78. The van der Waals surface area contributed by atoms with E-state index in [9.17, 15) is 4.79 Å². The first-order valence-electron chi connectivity index (χ1n) is 6.55. The molecular weight excluding hydrogens is 252 g/mol. The van der Waals surface area contributed by atoms with Crippen molar-refractivity contribution in [3.63, 3.8) is 0 Å². The van der Waals surface area contributed by atoms with Crippen LogP contribution in [0, 0.1) is 0 Å². The van der Waals surface area contributed by atoms with Gasteiger partial charge in [0.2, 0.25) is 0 Å². The van der Waals surface area contributed by atoms with Gasteiger partial charge in [-0.05, 0) is 32.0 Å². The molecular formula is C15H18N4O. The van der Waals surface area contributed by atoms with E-state index in [-0.39, 0.29) is 11.9 Å². The maximum Gasteiger partial charge on any atom is 0.253 e. The van der Waals surface area contributed by atoms with Gasteiger partial charge in [0.25, 0.3) is 5.91 Å². The van der Waals surface area contributed by atoms with Crippen molar-refractivity contribution in [2.75, 3.05) is 5.32 Å². The van der Waals surface area contributed by atoms with Gasteiger partial charge < -0.3 is 10.6 Å². The van der Waals surface area contributed by atoms with E-state index in [1.54, 1.807) is 18.3 Å². The molecule has 5 heteroatoms. The molecule has 1 aromatic carbocycles. The number of benzene rings is 1. The topological polar surface area (TPSA) is 66.9 Å². The fourth-order valence-electron chi connectivity index (χ4n) is 1.81. The van der Waals surface area contributed by atoms with Crippen LogP contribution < -0.4 is 10.6 Å². The Morgan fingerprint density at radius 1 is 1.25 bits per heavy atom. The van der Waals surface area contributed by atoms with Crippen molar-refractivity contribution in [1.82, 2.24) is 15.3 Å². The molecule has 0 atom stereocenters. The van der Waals surface area contributed by atoms with Crippen molar-refractivity contribution in [3.05, 3.63) is 54.1 Å². The van der Waals surface area contributed by atoms with Gasteiger partial charge in [0.1, 0.15) is 6.33 Å². The van der Waals surface area contributed by atoms with Gasteiger partial charge in [-0.1, -0.05) is 12.1 Å². The number of hydrogen-bond donors (Lipinski definition) is 2. The average Bonchev–Trinajstić information content (AvgIpc) is 2.46. The summed E-state index contributed by atoms with van der Waals surface area (Å²) >= 11 is 0. The van der Waals surface area contributed by atoms with Gasteiger partial charge in [0.05, 0.1) is 17.8 Å². The number of aromatic nitrogens is 2. The molecule has 20 heavy (non-hydrogen) atoms. The standard InChI is InChI=1S/C15H18N4O/c1-11(2)19-14-6-4-3-5-13(14)15(20)17-9-12-7-8-16-10-18-12/h3-8,10-11,19H,9H2,1-2H3,(H,17,20). The van der Waals surface area contributed by atoms with E-state index in [0.717, 1.165) is 11.4 Å². The maximum absolute atomic E-state index is 12.2. The number of nitrogens with one attached hydrogen (secondary N) is 2. The largest absolute Gasteiger partial charge is 0.382 e. The summed E-state index contributed by atoms with van der Waals surface area (Å²) in [5.41, 5.74) is 2.25. The summed E-state index contributed by atoms with van der Waals surface area (Å²) in [6.07, 6.45) is 3.12. The van der Waals surface area contributed by atoms with Crippen molar-refractivity contribution in [2.24, 2.45) is 0 Å². The summed E-state index contributed by atoms with van der Waals surface area (Å²) in [4.78, 5) is 20.1.